The van der Waals surface area contributed by atoms with E-state index in [0.717, 1.165) is 11.3 Å². The summed E-state index contributed by atoms with van der Waals surface area (Å²) < 4.78 is 3.29. The molecule has 0 saturated carbocycles. The van der Waals surface area contributed by atoms with Crippen LogP contribution in [-0.2, 0) is 16.6 Å². The second-order valence-electron chi connectivity index (χ2n) is 7.16. The zero-order chi connectivity index (χ0) is 20.5. The molecule has 2 aromatic heterocycles. The lowest BCUT2D eigenvalue weighted by Crippen LogP contribution is -2.44. The third kappa shape index (κ3) is 3.75. The van der Waals surface area contributed by atoms with Crippen LogP contribution in [-0.4, -0.2) is 43.3 Å². The minimum Gasteiger partial charge on any atom is -0.338 e. The minimum atomic E-state index is -0.384. The van der Waals surface area contributed by atoms with E-state index in [2.05, 4.69) is 15.5 Å². The third-order valence-electron chi connectivity index (χ3n) is 5.21. The number of anilines is 1. The van der Waals surface area contributed by atoms with Gasteiger partial charge in [-0.1, -0.05) is 23.7 Å². The van der Waals surface area contributed by atoms with Gasteiger partial charge in [-0.15, -0.1) is 0 Å². The molecule has 0 spiro atoms. The molecule has 1 aliphatic rings. The Morgan fingerprint density at radius 2 is 1.97 bits per heavy atom. The van der Waals surface area contributed by atoms with Crippen molar-refractivity contribution in [1.82, 2.24) is 24.5 Å². The van der Waals surface area contributed by atoms with Gasteiger partial charge in [0, 0.05) is 32.3 Å². The van der Waals surface area contributed by atoms with Gasteiger partial charge >= 0.3 is 0 Å². The molecular weight excluding hydrogens is 392 g/mol. The monoisotopic (exact) mass is 412 g/mol. The van der Waals surface area contributed by atoms with Crippen LogP contribution in [0, 0.1) is 5.92 Å². The number of nitrogens with one attached hydrogen (secondary N) is 1. The Labute approximate surface area is 173 Å². The quantitative estimate of drug-likeness (QED) is 0.714. The second-order valence-corrected chi connectivity index (χ2v) is 7.56. The average molecular weight is 413 g/mol. The zero-order valence-electron chi connectivity index (χ0n) is 16.1. The molecule has 8 nitrogen and oxygen atoms in total. The number of halogens is 1. The highest BCUT2D eigenvalue weighted by Gasteiger charge is 2.39. The highest BCUT2D eigenvalue weighted by Crippen LogP contribution is 2.36. The minimum absolute atomic E-state index is 0.0226. The first-order valence-electron chi connectivity index (χ1n) is 9.28. The Morgan fingerprint density at radius 1 is 1.17 bits per heavy atom. The Bertz CT molecular complexity index is 1060. The lowest BCUT2D eigenvalue weighted by Gasteiger charge is -2.37. The average Bonchev–Trinajstić information content (AvgIpc) is 3.33. The highest BCUT2D eigenvalue weighted by atomic mass is 35.5. The number of hydrogen-bond acceptors (Lipinski definition) is 4. The van der Waals surface area contributed by atoms with E-state index in [9.17, 15) is 9.59 Å². The molecule has 0 bridgehead atoms. The number of carbonyl (C=O) groups excluding carboxylic acids is 2. The molecule has 29 heavy (non-hydrogen) atoms. The molecule has 2 unspecified atom stereocenters. The van der Waals surface area contributed by atoms with Gasteiger partial charge in [0.2, 0.25) is 11.8 Å². The first kappa shape index (κ1) is 19.2. The van der Waals surface area contributed by atoms with E-state index in [1.165, 1.54) is 0 Å². The number of amides is 2. The summed E-state index contributed by atoms with van der Waals surface area (Å²) >= 11 is 6.22. The van der Waals surface area contributed by atoms with Crippen molar-refractivity contribution in [1.29, 1.82) is 0 Å². The van der Waals surface area contributed by atoms with Gasteiger partial charge in [-0.3, -0.25) is 14.3 Å². The summed E-state index contributed by atoms with van der Waals surface area (Å²) in [6.07, 6.45) is 7.66. The molecule has 2 amide bonds. The number of rotatable bonds is 4. The van der Waals surface area contributed by atoms with Gasteiger partial charge in [0.05, 0.1) is 46.9 Å². The summed E-state index contributed by atoms with van der Waals surface area (Å²) in [6.45, 7) is 0. The molecule has 3 aromatic rings. The van der Waals surface area contributed by atoms with Gasteiger partial charge in [-0.05, 0) is 18.6 Å². The van der Waals surface area contributed by atoms with Crippen LogP contribution in [0.2, 0.25) is 5.02 Å². The van der Waals surface area contributed by atoms with E-state index in [0.29, 0.717) is 23.6 Å². The molecule has 1 aliphatic heterocycles. The van der Waals surface area contributed by atoms with Gasteiger partial charge in [0.25, 0.3) is 0 Å². The maximum Gasteiger partial charge on any atom is 0.230 e. The number of piperidine rings is 1. The fourth-order valence-corrected chi connectivity index (χ4v) is 3.98. The number of nitrogens with zero attached hydrogens (tertiary/aromatic N) is 5. The summed E-state index contributed by atoms with van der Waals surface area (Å²) in [6, 6.07) is 6.99. The molecule has 1 saturated heterocycles. The maximum atomic E-state index is 13.1. The van der Waals surface area contributed by atoms with Crippen LogP contribution in [0.1, 0.15) is 24.4 Å². The lowest BCUT2D eigenvalue weighted by molar-refractivity contribution is -0.140. The van der Waals surface area contributed by atoms with Crippen molar-refractivity contribution in [3.63, 3.8) is 0 Å². The predicted molar refractivity (Wildman–Crippen MR) is 109 cm³/mol. The molecule has 3 heterocycles. The van der Waals surface area contributed by atoms with Crippen molar-refractivity contribution in [2.24, 2.45) is 13.0 Å². The topological polar surface area (TPSA) is 85.1 Å². The second kappa shape index (κ2) is 7.71. The van der Waals surface area contributed by atoms with E-state index in [1.807, 2.05) is 31.4 Å². The molecule has 1 fully saturated rings. The predicted octanol–water partition coefficient (Wildman–Crippen LogP) is 2.81. The van der Waals surface area contributed by atoms with E-state index in [1.54, 1.807) is 46.0 Å². The number of benzene rings is 1. The number of aromatic nitrogens is 4. The van der Waals surface area contributed by atoms with Crippen molar-refractivity contribution in [2.45, 2.75) is 18.9 Å². The highest BCUT2D eigenvalue weighted by molar-refractivity contribution is 6.32. The fourth-order valence-electron chi connectivity index (χ4n) is 3.75. The van der Waals surface area contributed by atoms with E-state index in [4.69, 9.17) is 11.6 Å². The molecule has 0 aliphatic carbocycles. The Kier molecular flexibility index (Phi) is 5.10. The summed E-state index contributed by atoms with van der Waals surface area (Å²) in [5.74, 6) is -0.517. The first-order valence-corrected chi connectivity index (χ1v) is 9.66. The van der Waals surface area contributed by atoms with Crippen molar-refractivity contribution in [3.05, 3.63) is 59.6 Å². The molecule has 1 N–H and O–H groups in total. The van der Waals surface area contributed by atoms with Crippen LogP contribution in [0.25, 0.3) is 5.69 Å². The Balaban J connectivity index is 1.55. The molecule has 1 aromatic carbocycles. The van der Waals surface area contributed by atoms with Gasteiger partial charge in [0.15, 0.2) is 0 Å². The van der Waals surface area contributed by atoms with Gasteiger partial charge < -0.3 is 10.2 Å². The molecule has 4 rings (SSSR count). The third-order valence-corrected chi connectivity index (χ3v) is 5.53. The van der Waals surface area contributed by atoms with Crippen molar-refractivity contribution >= 4 is 29.1 Å². The van der Waals surface area contributed by atoms with Crippen molar-refractivity contribution in [2.75, 3.05) is 12.4 Å². The van der Waals surface area contributed by atoms with Crippen LogP contribution in [0.15, 0.2) is 49.1 Å². The Hall–Kier alpha value is -3.13. The fraction of sp³-hybridized carbons (Fsp3) is 0.300. The van der Waals surface area contributed by atoms with E-state index >= 15 is 0 Å². The summed E-state index contributed by atoms with van der Waals surface area (Å²) in [5, 5.41) is 12.0. The smallest absolute Gasteiger partial charge is 0.230 e. The molecule has 150 valence electrons. The van der Waals surface area contributed by atoms with Crippen molar-refractivity contribution < 1.29 is 9.59 Å². The van der Waals surface area contributed by atoms with E-state index < -0.39 is 0 Å². The lowest BCUT2D eigenvalue weighted by atomic mass is 9.85. The molecule has 2 atom stereocenters. The number of aryl methyl sites for hydroxylation is 1. The van der Waals surface area contributed by atoms with Gasteiger partial charge in [-0.25, -0.2) is 4.68 Å². The zero-order valence-corrected chi connectivity index (χ0v) is 16.9. The standard InChI is InChI=1S/C20H21ClN6O2/c1-25-11-13(9-22-25)19-15(7-8-18(28)26(19)2)20(29)24-14-10-23-27(12-14)17-6-4-3-5-16(17)21/h3-6,9-12,15,19H,7-8H2,1-2H3,(H,24,29). The van der Waals surface area contributed by atoms with Crippen LogP contribution in [0.3, 0.4) is 0 Å². The normalized spacial score (nSPS) is 19.4. The van der Waals surface area contributed by atoms with Gasteiger partial charge in [-0.2, -0.15) is 10.2 Å². The van der Waals surface area contributed by atoms with Crippen LogP contribution in [0.4, 0.5) is 5.69 Å². The number of para-hydroxylation sites is 1. The van der Waals surface area contributed by atoms with E-state index in [-0.39, 0.29) is 23.8 Å². The molecular formula is C20H21ClN6O2. The summed E-state index contributed by atoms with van der Waals surface area (Å²) in [7, 11) is 3.54. The SMILES string of the molecule is CN1C(=O)CCC(C(=O)Nc2cnn(-c3ccccc3Cl)c2)C1c1cnn(C)c1. The number of likely N-dealkylation sites (tertiary alicyclic amines) is 1. The first-order chi connectivity index (χ1) is 13.9. The van der Waals surface area contributed by atoms with Crippen molar-refractivity contribution in [3.8, 4) is 5.69 Å². The van der Waals surface area contributed by atoms with Crippen LogP contribution >= 0.6 is 11.6 Å². The van der Waals surface area contributed by atoms with Crippen LogP contribution in [0.5, 0.6) is 0 Å². The number of carbonyl (C=O) groups is 2. The van der Waals surface area contributed by atoms with Gasteiger partial charge in [0.1, 0.15) is 0 Å². The number of hydrogen-bond donors (Lipinski definition) is 1. The molecule has 9 heteroatoms. The summed E-state index contributed by atoms with van der Waals surface area (Å²) in [5.41, 5.74) is 2.14. The maximum absolute atomic E-state index is 13.1. The Morgan fingerprint density at radius 3 is 2.69 bits per heavy atom. The van der Waals surface area contributed by atoms with Crippen LogP contribution < -0.4 is 5.32 Å². The largest absolute Gasteiger partial charge is 0.338 e. The summed E-state index contributed by atoms with van der Waals surface area (Å²) in [4.78, 5) is 27.0. The molecule has 0 radical (unpaired) electrons.